The predicted molar refractivity (Wildman–Crippen MR) is 104 cm³/mol. The number of morpholine rings is 1. The molecule has 0 amide bonds. The first-order chi connectivity index (χ1) is 11.6. The van der Waals surface area contributed by atoms with Crippen LogP contribution in [0.4, 0.5) is 0 Å². The summed E-state index contributed by atoms with van der Waals surface area (Å²) in [6, 6.07) is 14.4. The third-order valence-corrected chi connectivity index (χ3v) is 5.11. The average Bonchev–Trinajstić information content (AvgIpc) is 2.62. The maximum atomic E-state index is 5.92. The minimum Gasteiger partial charge on any atom is -0.488 e. The van der Waals surface area contributed by atoms with Gasteiger partial charge in [0.25, 0.3) is 0 Å². The Morgan fingerprint density at radius 3 is 2.54 bits per heavy atom. The molecule has 5 heteroatoms. The van der Waals surface area contributed by atoms with E-state index in [1.54, 1.807) is 0 Å². The van der Waals surface area contributed by atoms with Gasteiger partial charge in [-0.3, -0.25) is 0 Å². The van der Waals surface area contributed by atoms with Gasteiger partial charge in [-0.2, -0.15) is 0 Å². The third kappa shape index (κ3) is 4.35. The van der Waals surface area contributed by atoms with E-state index in [2.05, 4.69) is 52.0 Å². The predicted octanol–water partition coefficient (Wildman–Crippen LogP) is 4.34. The SMILES string of the molecule is Cc1ccc(COc2ccc(C(=S)N3CCOCC3)cc2Br)cc1. The molecule has 0 aliphatic carbocycles. The molecule has 2 aromatic carbocycles. The number of aryl methyl sites for hydroxylation is 1. The van der Waals surface area contributed by atoms with Crippen molar-refractivity contribution in [1.82, 2.24) is 4.90 Å². The fourth-order valence-corrected chi connectivity index (χ4v) is 3.35. The first-order valence-corrected chi connectivity index (χ1v) is 9.18. The molecule has 3 rings (SSSR count). The Morgan fingerprint density at radius 1 is 1.17 bits per heavy atom. The maximum absolute atomic E-state index is 5.92. The van der Waals surface area contributed by atoms with Crippen molar-refractivity contribution in [2.45, 2.75) is 13.5 Å². The van der Waals surface area contributed by atoms with Crippen molar-refractivity contribution >= 4 is 33.1 Å². The smallest absolute Gasteiger partial charge is 0.134 e. The molecule has 3 nitrogen and oxygen atoms in total. The number of thiocarbonyl (C=S) groups is 1. The zero-order valence-electron chi connectivity index (χ0n) is 13.6. The van der Waals surface area contributed by atoms with Crippen LogP contribution < -0.4 is 4.74 Å². The lowest BCUT2D eigenvalue weighted by atomic mass is 10.1. The molecule has 1 aliphatic heterocycles. The van der Waals surface area contributed by atoms with Crippen molar-refractivity contribution in [1.29, 1.82) is 0 Å². The average molecular weight is 406 g/mol. The van der Waals surface area contributed by atoms with Crippen molar-refractivity contribution in [2.24, 2.45) is 0 Å². The van der Waals surface area contributed by atoms with Crippen LogP contribution in [0.25, 0.3) is 0 Å². The lowest BCUT2D eigenvalue weighted by molar-refractivity contribution is 0.0693. The Kier molecular flexibility index (Phi) is 5.87. The third-order valence-electron chi connectivity index (χ3n) is 3.99. The van der Waals surface area contributed by atoms with Gasteiger partial charge >= 0.3 is 0 Å². The second kappa shape index (κ2) is 8.10. The van der Waals surface area contributed by atoms with Crippen LogP contribution in [0, 0.1) is 6.92 Å². The Labute approximate surface area is 156 Å². The first-order valence-electron chi connectivity index (χ1n) is 7.98. The van der Waals surface area contributed by atoms with E-state index in [-0.39, 0.29) is 0 Å². The molecule has 0 atom stereocenters. The van der Waals surface area contributed by atoms with Gasteiger partial charge < -0.3 is 14.4 Å². The highest BCUT2D eigenvalue weighted by atomic mass is 79.9. The molecule has 126 valence electrons. The molecule has 1 heterocycles. The molecule has 0 unspecified atom stereocenters. The molecular weight excluding hydrogens is 386 g/mol. The molecule has 0 spiro atoms. The van der Waals surface area contributed by atoms with E-state index in [9.17, 15) is 0 Å². The molecule has 0 bridgehead atoms. The van der Waals surface area contributed by atoms with Crippen LogP contribution in [0.3, 0.4) is 0 Å². The lowest BCUT2D eigenvalue weighted by Crippen LogP contribution is -2.40. The molecule has 2 aromatic rings. The molecule has 0 aromatic heterocycles. The Hall–Kier alpha value is -1.43. The number of ether oxygens (including phenoxy) is 2. The van der Waals surface area contributed by atoms with E-state index in [1.807, 2.05) is 18.2 Å². The summed E-state index contributed by atoms with van der Waals surface area (Å²) in [4.78, 5) is 3.05. The second-order valence-corrected chi connectivity index (χ2v) is 7.07. The summed E-state index contributed by atoms with van der Waals surface area (Å²) in [7, 11) is 0. The van der Waals surface area contributed by atoms with Gasteiger partial charge in [0.15, 0.2) is 0 Å². The van der Waals surface area contributed by atoms with Gasteiger partial charge in [-0.05, 0) is 46.6 Å². The zero-order valence-corrected chi connectivity index (χ0v) is 16.0. The molecular formula is C19H20BrNO2S. The van der Waals surface area contributed by atoms with Crippen LogP contribution in [0.2, 0.25) is 0 Å². The van der Waals surface area contributed by atoms with Crippen LogP contribution in [0.15, 0.2) is 46.9 Å². The number of hydrogen-bond acceptors (Lipinski definition) is 3. The van der Waals surface area contributed by atoms with Crippen LogP contribution in [0.1, 0.15) is 16.7 Å². The molecule has 1 saturated heterocycles. The monoisotopic (exact) mass is 405 g/mol. The van der Waals surface area contributed by atoms with Gasteiger partial charge in [-0.1, -0.05) is 42.0 Å². The standard InChI is InChI=1S/C19H20BrNO2S/c1-14-2-4-15(5-3-14)13-23-18-7-6-16(12-17(18)20)19(24)21-8-10-22-11-9-21/h2-7,12H,8-11,13H2,1H3. The van der Waals surface area contributed by atoms with Crippen molar-refractivity contribution < 1.29 is 9.47 Å². The van der Waals surface area contributed by atoms with Gasteiger partial charge in [0.05, 0.1) is 17.7 Å². The minimum atomic E-state index is 0.548. The van der Waals surface area contributed by atoms with E-state index < -0.39 is 0 Å². The van der Waals surface area contributed by atoms with Crippen molar-refractivity contribution in [3.05, 3.63) is 63.6 Å². The Morgan fingerprint density at radius 2 is 1.88 bits per heavy atom. The van der Waals surface area contributed by atoms with Crippen molar-refractivity contribution in [2.75, 3.05) is 26.3 Å². The summed E-state index contributed by atoms with van der Waals surface area (Å²) in [5, 5.41) is 0. The lowest BCUT2D eigenvalue weighted by Gasteiger charge is -2.29. The summed E-state index contributed by atoms with van der Waals surface area (Å²) < 4.78 is 12.2. The number of benzene rings is 2. The highest BCUT2D eigenvalue weighted by Gasteiger charge is 2.16. The van der Waals surface area contributed by atoms with Gasteiger partial charge in [0.1, 0.15) is 17.3 Å². The highest BCUT2D eigenvalue weighted by Crippen LogP contribution is 2.27. The Balaban J connectivity index is 1.65. The number of halogens is 1. The summed E-state index contributed by atoms with van der Waals surface area (Å²) in [5.74, 6) is 0.823. The first kappa shape index (κ1) is 17.4. The second-order valence-electron chi connectivity index (χ2n) is 5.82. The topological polar surface area (TPSA) is 21.7 Å². The van der Waals surface area contributed by atoms with E-state index in [4.69, 9.17) is 21.7 Å². The van der Waals surface area contributed by atoms with Crippen molar-refractivity contribution in [3.63, 3.8) is 0 Å². The maximum Gasteiger partial charge on any atom is 0.134 e. The van der Waals surface area contributed by atoms with Gasteiger partial charge in [0.2, 0.25) is 0 Å². The van der Waals surface area contributed by atoms with E-state index in [0.29, 0.717) is 6.61 Å². The zero-order chi connectivity index (χ0) is 16.9. The van der Waals surface area contributed by atoms with E-state index in [1.165, 1.54) is 5.56 Å². The highest BCUT2D eigenvalue weighted by molar-refractivity contribution is 9.10. The largest absolute Gasteiger partial charge is 0.488 e. The van der Waals surface area contributed by atoms with E-state index in [0.717, 1.165) is 52.6 Å². The van der Waals surface area contributed by atoms with Crippen molar-refractivity contribution in [3.8, 4) is 5.75 Å². The van der Waals surface area contributed by atoms with E-state index >= 15 is 0 Å². The number of nitrogens with zero attached hydrogens (tertiary/aromatic N) is 1. The van der Waals surface area contributed by atoms with Crippen LogP contribution in [-0.2, 0) is 11.3 Å². The minimum absolute atomic E-state index is 0.548. The number of hydrogen-bond donors (Lipinski definition) is 0. The summed E-state index contributed by atoms with van der Waals surface area (Å²) in [6.07, 6.45) is 0. The molecule has 24 heavy (non-hydrogen) atoms. The fourth-order valence-electron chi connectivity index (χ4n) is 2.55. The molecule has 0 radical (unpaired) electrons. The van der Waals surface area contributed by atoms with Crippen LogP contribution >= 0.6 is 28.1 Å². The van der Waals surface area contributed by atoms with Crippen LogP contribution in [-0.4, -0.2) is 36.2 Å². The molecule has 1 aliphatic rings. The summed E-state index contributed by atoms with van der Waals surface area (Å²) in [5.41, 5.74) is 3.43. The number of rotatable bonds is 4. The quantitative estimate of drug-likeness (QED) is 0.704. The Bertz CT molecular complexity index is 712. The van der Waals surface area contributed by atoms with Gasteiger partial charge in [0, 0.05) is 18.7 Å². The summed E-state index contributed by atoms with van der Waals surface area (Å²) >= 11 is 9.20. The van der Waals surface area contributed by atoms with Gasteiger partial charge in [-0.25, -0.2) is 0 Å². The van der Waals surface area contributed by atoms with Crippen LogP contribution in [0.5, 0.6) is 5.75 Å². The molecule has 0 saturated carbocycles. The fraction of sp³-hybridized carbons (Fsp3) is 0.316. The molecule has 0 N–H and O–H groups in total. The van der Waals surface area contributed by atoms with Gasteiger partial charge in [-0.15, -0.1) is 0 Å². The summed E-state index contributed by atoms with van der Waals surface area (Å²) in [6.45, 7) is 5.80. The normalized spacial score (nSPS) is 14.5. The molecule has 1 fully saturated rings.